The second-order valence-corrected chi connectivity index (χ2v) is 8.17. The normalized spacial score (nSPS) is 19.1. The molecule has 1 atom stereocenters. The fraction of sp³-hybridized carbons (Fsp3) is 0.278. The van der Waals surface area contributed by atoms with Crippen LogP contribution in [0.1, 0.15) is 22.6 Å². The van der Waals surface area contributed by atoms with Crippen LogP contribution in [0, 0.1) is 13.8 Å². The van der Waals surface area contributed by atoms with Crippen molar-refractivity contribution in [2.24, 2.45) is 10.7 Å². The Kier molecular flexibility index (Phi) is 4.32. The molecule has 2 aromatic carbocycles. The van der Waals surface area contributed by atoms with Crippen LogP contribution >= 0.6 is 0 Å². The maximum absolute atomic E-state index is 12.2. The number of sulfone groups is 1. The Labute approximate surface area is 142 Å². The Bertz CT molecular complexity index is 904. The van der Waals surface area contributed by atoms with E-state index in [0.717, 1.165) is 11.3 Å². The molecule has 126 valence electrons. The van der Waals surface area contributed by atoms with E-state index < -0.39 is 9.84 Å². The SMILES string of the molecule is Cc1ccc(NC(N)=NCC2CS(=O)(=O)c3ccccc32)cc1C. The summed E-state index contributed by atoms with van der Waals surface area (Å²) in [4.78, 5) is 4.76. The fourth-order valence-corrected chi connectivity index (χ4v) is 4.79. The molecule has 2 aromatic rings. The number of nitrogens with zero attached hydrogens (tertiary/aromatic N) is 1. The summed E-state index contributed by atoms with van der Waals surface area (Å²) in [5.41, 5.74) is 10.0. The summed E-state index contributed by atoms with van der Waals surface area (Å²) >= 11 is 0. The van der Waals surface area contributed by atoms with Crippen LogP contribution in [0.5, 0.6) is 0 Å². The van der Waals surface area contributed by atoms with E-state index >= 15 is 0 Å². The summed E-state index contributed by atoms with van der Waals surface area (Å²) in [5, 5.41) is 3.06. The number of aryl methyl sites for hydroxylation is 2. The molecule has 0 amide bonds. The molecule has 0 saturated carbocycles. The van der Waals surface area contributed by atoms with Crippen LogP contribution in [-0.4, -0.2) is 26.7 Å². The summed E-state index contributed by atoms with van der Waals surface area (Å²) < 4.78 is 24.3. The minimum Gasteiger partial charge on any atom is -0.370 e. The van der Waals surface area contributed by atoms with Gasteiger partial charge in [-0.2, -0.15) is 0 Å². The number of hydrogen-bond donors (Lipinski definition) is 2. The molecule has 5 nitrogen and oxygen atoms in total. The van der Waals surface area contributed by atoms with Crippen molar-refractivity contribution >= 4 is 21.5 Å². The lowest BCUT2D eigenvalue weighted by atomic mass is 10.0. The molecule has 24 heavy (non-hydrogen) atoms. The molecule has 0 fully saturated rings. The first kappa shape index (κ1) is 16.5. The van der Waals surface area contributed by atoms with E-state index in [-0.39, 0.29) is 11.7 Å². The topological polar surface area (TPSA) is 84.5 Å². The van der Waals surface area contributed by atoms with Crippen LogP contribution in [-0.2, 0) is 9.84 Å². The van der Waals surface area contributed by atoms with Crippen molar-refractivity contribution in [1.82, 2.24) is 0 Å². The molecular formula is C18H21N3O2S. The lowest BCUT2D eigenvalue weighted by Gasteiger charge is -2.10. The standard InChI is InChI=1S/C18H21N3O2S/c1-12-7-8-15(9-13(12)2)21-18(19)20-10-14-11-24(22,23)17-6-4-3-5-16(14)17/h3-9,14H,10-11H2,1-2H3,(H3,19,20,21). The van der Waals surface area contributed by atoms with Crippen molar-refractivity contribution < 1.29 is 8.42 Å². The summed E-state index contributed by atoms with van der Waals surface area (Å²) in [6.07, 6.45) is 0. The lowest BCUT2D eigenvalue weighted by molar-refractivity contribution is 0.597. The van der Waals surface area contributed by atoms with Crippen molar-refractivity contribution in [3.8, 4) is 0 Å². The van der Waals surface area contributed by atoms with E-state index in [4.69, 9.17) is 5.73 Å². The second-order valence-electron chi connectivity index (χ2n) is 6.17. The highest BCUT2D eigenvalue weighted by Crippen LogP contribution is 2.34. The molecule has 0 radical (unpaired) electrons. The smallest absolute Gasteiger partial charge is 0.193 e. The second kappa shape index (κ2) is 6.28. The minimum absolute atomic E-state index is 0.0900. The third kappa shape index (κ3) is 3.28. The number of guanidine groups is 1. The first-order chi connectivity index (χ1) is 11.4. The number of rotatable bonds is 3. The van der Waals surface area contributed by atoms with E-state index in [1.165, 1.54) is 11.1 Å². The molecule has 0 saturated heterocycles. The van der Waals surface area contributed by atoms with E-state index in [0.29, 0.717) is 17.4 Å². The molecule has 0 aliphatic carbocycles. The maximum atomic E-state index is 12.2. The molecule has 1 heterocycles. The Morgan fingerprint density at radius 1 is 1.21 bits per heavy atom. The van der Waals surface area contributed by atoms with Crippen molar-refractivity contribution in [3.63, 3.8) is 0 Å². The molecule has 0 spiro atoms. The number of fused-ring (bicyclic) bond motifs is 1. The fourth-order valence-electron chi connectivity index (χ4n) is 2.91. The average Bonchev–Trinajstić information content (AvgIpc) is 2.80. The molecule has 6 heteroatoms. The van der Waals surface area contributed by atoms with Gasteiger partial charge in [0.15, 0.2) is 15.8 Å². The molecule has 1 aliphatic rings. The quantitative estimate of drug-likeness (QED) is 0.663. The number of hydrogen-bond acceptors (Lipinski definition) is 3. The van der Waals surface area contributed by atoms with Gasteiger partial charge in [0.2, 0.25) is 0 Å². The van der Waals surface area contributed by atoms with Crippen LogP contribution in [0.25, 0.3) is 0 Å². The van der Waals surface area contributed by atoms with Crippen molar-refractivity contribution in [3.05, 3.63) is 59.2 Å². The summed E-state index contributed by atoms with van der Waals surface area (Å²) in [5.74, 6) is 0.235. The predicted octanol–water partition coefficient (Wildman–Crippen LogP) is 2.60. The summed E-state index contributed by atoms with van der Waals surface area (Å²) in [6, 6.07) is 13.1. The highest BCUT2D eigenvalue weighted by Gasteiger charge is 2.33. The molecule has 0 bridgehead atoms. The predicted molar refractivity (Wildman–Crippen MR) is 97.3 cm³/mol. The van der Waals surface area contributed by atoms with Gasteiger partial charge in [0.25, 0.3) is 0 Å². The van der Waals surface area contributed by atoms with Crippen LogP contribution in [0.3, 0.4) is 0 Å². The van der Waals surface area contributed by atoms with Crippen LogP contribution in [0.2, 0.25) is 0 Å². The van der Waals surface area contributed by atoms with Gasteiger partial charge in [0.05, 0.1) is 17.2 Å². The third-order valence-electron chi connectivity index (χ3n) is 4.38. The first-order valence-electron chi connectivity index (χ1n) is 7.83. The molecule has 1 unspecified atom stereocenters. The van der Waals surface area contributed by atoms with E-state index in [1.54, 1.807) is 12.1 Å². The minimum atomic E-state index is -3.20. The Balaban J connectivity index is 1.73. The van der Waals surface area contributed by atoms with Gasteiger partial charge in [0.1, 0.15) is 0 Å². The van der Waals surface area contributed by atoms with E-state index in [1.807, 2.05) is 37.3 Å². The van der Waals surface area contributed by atoms with Gasteiger partial charge < -0.3 is 11.1 Å². The molecule has 3 rings (SSSR count). The highest BCUT2D eigenvalue weighted by atomic mass is 32.2. The van der Waals surface area contributed by atoms with Crippen LogP contribution < -0.4 is 11.1 Å². The highest BCUT2D eigenvalue weighted by molar-refractivity contribution is 7.91. The molecule has 1 aliphatic heterocycles. The van der Waals surface area contributed by atoms with Gasteiger partial charge >= 0.3 is 0 Å². The van der Waals surface area contributed by atoms with Gasteiger partial charge in [0, 0.05) is 11.6 Å². The van der Waals surface area contributed by atoms with Crippen LogP contribution in [0.15, 0.2) is 52.4 Å². The van der Waals surface area contributed by atoms with Crippen molar-refractivity contribution in [2.45, 2.75) is 24.7 Å². The Hall–Kier alpha value is -2.34. The summed E-state index contributed by atoms with van der Waals surface area (Å²) in [6.45, 7) is 4.43. The van der Waals surface area contributed by atoms with Crippen molar-refractivity contribution in [2.75, 3.05) is 17.6 Å². The zero-order valence-corrected chi connectivity index (χ0v) is 14.6. The van der Waals surface area contributed by atoms with E-state index in [9.17, 15) is 8.42 Å². The van der Waals surface area contributed by atoms with E-state index in [2.05, 4.69) is 17.2 Å². The summed E-state index contributed by atoms with van der Waals surface area (Å²) in [7, 11) is -3.20. The largest absolute Gasteiger partial charge is 0.370 e. The number of aliphatic imine (C=N–C) groups is 1. The average molecular weight is 343 g/mol. The van der Waals surface area contributed by atoms with Gasteiger partial charge in [-0.05, 0) is 48.7 Å². The molecule has 0 aromatic heterocycles. The van der Waals surface area contributed by atoms with Gasteiger partial charge in [-0.15, -0.1) is 0 Å². The number of benzene rings is 2. The number of anilines is 1. The first-order valence-corrected chi connectivity index (χ1v) is 9.48. The molecular weight excluding hydrogens is 322 g/mol. The van der Waals surface area contributed by atoms with Gasteiger partial charge in [-0.3, -0.25) is 4.99 Å². The number of nitrogens with one attached hydrogen (secondary N) is 1. The van der Waals surface area contributed by atoms with Crippen LogP contribution in [0.4, 0.5) is 5.69 Å². The third-order valence-corrected chi connectivity index (χ3v) is 6.26. The monoisotopic (exact) mass is 343 g/mol. The number of nitrogens with two attached hydrogens (primary N) is 1. The Morgan fingerprint density at radius 3 is 2.71 bits per heavy atom. The zero-order valence-electron chi connectivity index (χ0n) is 13.8. The van der Waals surface area contributed by atoms with Gasteiger partial charge in [-0.1, -0.05) is 24.3 Å². The Morgan fingerprint density at radius 2 is 1.96 bits per heavy atom. The van der Waals surface area contributed by atoms with Gasteiger partial charge in [-0.25, -0.2) is 8.42 Å². The lowest BCUT2D eigenvalue weighted by Crippen LogP contribution is -2.24. The maximum Gasteiger partial charge on any atom is 0.193 e. The zero-order chi connectivity index (χ0) is 17.3. The molecule has 3 N–H and O–H groups in total. The van der Waals surface area contributed by atoms with Crippen molar-refractivity contribution in [1.29, 1.82) is 0 Å².